The van der Waals surface area contributed by atoms with Crippen molar-refractivity contribution in [2.75, 3.05) is 20.1 Å². The molecule has 1 aromatic carbocycles. The molecule has 0 saturated carbocycles. The van der Waals surface area contributed by atoms with Crippen molar-refractivity contribution in [3.05, 3.63) is 35.6 Å². The van der Waals surface area contributed by atoms with E-state index in [0.29, 0.717) is 4.99 Å². The maximum atomic E-state index is 13.0. The Morgan fingerprint density at radius 2 is 1.89 bits per heavy atom. The molecule has 3 rings (SSSR count). The molecule has 1 fully saturated rings. The molecular formula is C14H17FN3S+. The van der Waals surface area contributed by atoms with Crippen molar-refractivity contribution in [2.45, 2.75) is 18.5 Å². The van der Waals surface area contributed by atoms with E-state index in [0.717, 1.165) is 37.2 Å². The first-order valence-corrected chi connectivity index (χ1v) is 6.98. The molecule has 0 aromatic heterocycles. The number of piperidine rings is 1. The van der Waals surface area contributed by atoms with Crippen LogP contribution in [0.4, 0.5) is 4.39 Å². The topological polar surface area (TPSA) is 28.8 Å². The molecule has 19 heavy (non-hydrogen) atoms. The zero-order valence-corrected chi connectivity index (χ0v) is 11.7. The molecular weight excluding hydrogens is 261 g/mol. The molecule has 0 radical (unpaired) electrons. The van der Waals surface area contributed by atoms with Crippen LogP contribution < -0.4 is 10.2 Å². The third-order valence-corrected chi connectivity index (χ3v) is 4.23. The minimum atomic E-state index is -0.237. The number of thiocarbonyl (C=S) groups is 1. The second kappa shape index (κ2) is 4.65. The average molecular weight is 278 g/mol. The number of benzene rings is 1. The normalized spacial score (nSPS) is 30.3. The summed E-state index contributed by atoms with van der Waals surface area (Å²) in [5.74, 6) is -0.237. The van der Waals surface area contributed by atoms with Crippen LogP contribution in [-0.4, -0.2) is 36.5 Å². The first kappa shape index (κ1) is 12.7. The van der Waals surface area contributed by atoms with Crippen LogP contribution in [0.25, 0.3) is 0 Å². The van der Waals surface area contributed by atoms with Gasteiger partial charge in [0.25, 0.3) is 0 Å². The van der Waals surface area contributed by atoms with E-state index in [4.69, 9.17) is 17.2 Å². The standard InChI is InChI=1S/C14H16FN3S/c1-18-8-6-14(7-9-18)16-12(13(19)17-14)10-2-4-11(15)5-3-10/h2-5H,6-9H2,1H3,(H,17,19)/p+1. The van der Waals surface area contributed by atoms with E-state index in [1.807, 2.05) is 0 Å². The highest BCUT2D eigenvalue weighted by molar-refractivity contribution is 7.82. The highest BCUT2D eigenvalue weighted by Gasteiger charge is 2.41. The van der Waals surface area contributed by atoms with E-state index < -0.39 is 0 Å². The molecule has 2 aliphatic rings. The van der Waals surface area contributed by atoms with Gasteiger partial charge in [0.1, 0.15) is 22.2 Å². The molecule has 0 unspecified atom stereocenters. The molecule has 0 atom stereocenters. The van der Waals surface area contributed by atoms with Crippen molar-refractivity contribution in [3.8, 4) is 0 Å². The number of hydrogen-bond acceptors (Lipinski definition) is 2. The van der Waals surface area contributed by atoms with Gasteiger partial charge in [0.2, 0.25) is 0 Å². The Labute approximate surface area is 117 Å². The third-order valence-electron chi connectivity index (χ3n) is 3.94. The minimum Gasteiger partial charge on any atom is -0.350 e. The van der Waals surface area contributed by atoms with Crippen LogP contribution in [0.5, 0.6) is 0 Å². The van der Waals surface area contributed by atoms with Crippen LogP contribution in [-0.2, 0) is 0 Å². The number of likely N-dealkylation sites (tertiary alicyclic amines) is 1. The first-order chi connectivity index (χ1) is 9.08. The predicted octanol–water partition coefficient (Wildman–Crippen LogP) is 0.550. The molecule has 0 amide bonds. The second-order valence-electron chi connectivity index (χ2n) is 5.41. The highest BCUT2D eigenvalue weighted by Crippen LogP contribution is 2.25. The Kier molecular flexibility index (Phi) is 3.11. The van der Waals surface area contributed by atoms with Gasteiger partial charge in [-0.05, 0) is 24.3 Å². The lowest BCUT2D eigenvalue weighted by Crippen LogP contribution is -3.10. The van der Waals surface area contributed by atoms with E-state index in [-0.39, 0.29) is 11.5 Å². The third kappa shape index (κ3) is 2.40. The largest absolute Gasteiger partial charge is 0.350 e. The van der Waals surface area contributed by atoms with Crippen molar-refractivity contribution < 1.29 is 9.29 Å². The quantitative estimate of drug-likeness (QED) is 0.735. The number of rotatable bonds is 1. The zero-order valence-electron chi connectivity index (χ0n) is 10.9. The van der Waals surface area contributed by atoms with Crippen LogP contribution in [0.15, 0.2) is 29.3 Å². The summed E-state index contributed by atoms with van der Waals surface area (Å²) < 4.78 is 13.0. The number of nitrogens with one attached hydrogen (secondary N) is 2. The Balaban J connectivity index is 1.89. The Hall–Kier alpha value is -1.33. The average Bonchev–Trinajstić information content (AvgIpc) is 2.72. The summed E-state index contributed by atoms with van der Waals surface area (Å²) >= 11 is 5.40. The van der Waals surface area contributed by atoms with Gasteiger partial charge in [0.05, 0.1) is 20.1 Å². The highest BCUT2D eigenvalue weighted by atomic mass is 32.1. The Morgan fingerprint density at radius 1 is 1.26 bits per heavy atom. The molecule has 1 saturated heterocycles. The van der Waals surface area contributed by atoms with Crippen LogP contribution in [0.2, 0.25) is 0 Å². The molecule has 1 aromatic rings. The van der Waals surface area contributed by atoms with Gasteiger partial charge in [0.15, 0.2) is 0 Å². The van der Waals surface area contributed by atoms with Gasteiger partial charge in [-0.25, -0.2) is 4.39 Å². The summed E-state index contributed by atoms with van der Waals surface area (Å²) in [4.78, 5) is 7.04. The predicted molar refractivity (Wildman–Crippen MR) is 77.3 cm³/mol. The number of hydrogen-bond donors (Lipinski definition) is 2. The Morgan fingerprint density at radius 3 is 2.53 bits per heavy atom. The van der Waals surface area contributed by atoms with Crippen molar-refractivity contribution >= 4 is 22.9 Å². The van der Waals surface area contributed by atoms with E-state index in [1.54, 1.807) is 12.1 Å². The van der Waals surface area contributed by atoms with E-state index in [2.05, 4.69) is 12.4 Å². The fraction of sp³-hybridized carbons (Fsp3) is 0.429. The SMILES string of the molecule is C[NH+]1CCC2(CC1)N=C(c1ccc(F)cc1)C(=S)N2. The van der Waals surface area contributed by atoms with Crippen molar-refractivity contribution in [1.29, 1.82) is 0 Å². The molecule has 5 heteroatoms. The van der Waals surface area contributed by atoms with Crippen LogP contribution >= 0.6 is 12.2 Å². The van der Waals surface area contributed by atoms with Crippen molar-refractivity contribution in [3.63, 3.8) is 0 Å². The van der Waals surface area contributed by atoms with Gasteiger partial charge in [0, 0.05) is 18.4 Å². The molecule has 1 spiro atoms. The van der Waals surface area contributed by atoms with Gasteiger partial charge in [-0.2, -0.15) is 0 Å². The second-order valence-corrected chi connectivity index (χ2v) is 5.82. The summed E-state index contributed by atoms with van der Waals surface area (Å²) in [5.41, 5.74) is 1.47. The van der Waals surface area contributed by atoms with Crippen molar-refractivity contribution in [2.24, 2.45) is 4.99 Å². The summed E-state index contributed by atoms with van der Waals surface area (Å²) in [7, 11) is 2.20. The maximum absolute atomic E-state index is 13.0. The molecule has 2 aliphatic heterocycles. The van der Waals surface area contributed by atoms with E-state index in [9.17, 15) is 4.39 Å². The smallest absolute Gasteiger partial charge is 0.141 e. The fourth-order valence-electron chi connectivity index (χ4n) is 2.69. The number of quaternary nitrogens is 1. The monoisotopic (exact) mass is 278 g/mol. The van der Waals surface area contributed by atoms with Crippen molar-refractivity contribution in [1.82, 2.24) is 5.32 Å². The van der Waals surface area contributed by atoms with Crippen LogP contribution in [0.1, 0.15) is 18.4 Å². The molecule has 2 heterocycles. The number of aliphatic imine (C=N–C) groups is 1. The molecule has 3 nitrogen and oxygen atoms in total. The first-order valence-electron chi connectivity index (χ1n) is 6.58. The molecule has 0 bridgehead atoms. The molecule has 0 aliphatic carbocycles. The van der Waals surface area contributed by atoms with Gasteiger partial charge in [-0.1, -0.05) is 12.2 Å². The lowest BCUT2D eigenvalue weighted by Gasteiger charge is -2.33. The minimum absolute atomic E-state index is 0.222. The van der Waals surface area contributed by atoms with E-state index >= 15 is 0 Å². The van der Waals surface area contributed by atoms with Gasteiger partial charge in [-0.15, -0.1) is 0 Å². The molecule has 100 valence electrons. The van der Waals surface area contributed by atoms with Gasteiger partial charge < -0.3 is 10.2 Å². The summed E-state index contributed by atoms with van der Waals surface area (Å²) in [5, 5.41) is 3.37. The maximum Gasteiger partial charge on any atom is 0.141 e. The van der Waals surface area contributed by atoms with Crippen LogP contribution in [0, 0.1) is 5.82 Å². The summed E-state index contributed by atoms with van der Waals surface area (Å²) in [6.07, 6.45) is 1.98. The van der Waals surface area contributed by atoms with Gasteiger partial charge >= 0.3 is 0 Å². The summed E-state index contributed by atoms with van der Waals surface area (Å²) in [6, 6.07) is 6.37. The van der Waals surface area contributed by atoms with Gasteiger partial charge in [-0.3, -0.25) is 4.99 Å². The van der Waals surface area contributed by atoms with Crippen LogP contribution in [0.3, 0.4) is 0 Å². The lowest BCUT2D eigenvalue weighted by atomic mass is 9.99. The lowest BCUT2D eigenvalue weighted by molar-refractivity contribution is -0.886. The molecule has 2 N–H and O–H groups in total. The summed E-state index contributed by atoms with van der Waals surface area (Å²) in [6.45, 7) is 2.19. The fourth-order valence-corrected chi connectivity index (χ4v) is 3.05. The number of halogens is 1. The zero-order chi connectivity index (χ0) is 13.5. The van der Waals surface area contributed by atoms with E-state index in [1.165, 1.54) is 17.0 Å². The number of nitrogens with zero attached hydrogens (tertiary/aromatic N) is 1. The Bertz CT molecular complexity index is 530.